The van der Waals surface area contributed by atoms with E-state index in [-0.39, 0.29) is 0 Å². The number of hydrogen-bond donors (Lipinski definition) is 0. The summed E-state index contributed by atoms with van der Waals surface area (Å²) < 4.78 is 5.72. The molecule has 1 aliphatic rings. The molecule has 0 fully saturated rings. The van der Waals surface area contributed by atoms with Crippen LogP contribution in [0.2, 0.25) is 5.02 Å². The summed E-state index contributed by atoms with van der Waals surface area (Å²) in [6.07, 6.45) is 0. The summed E-state index contributed by atoms with van der Waals surface area (Å²) in [7, 11) is 0. The van der Waals surface area contributed by atoms with Crippen LogP contribution in [-0.4, -0.2) is 5.17 Å². The lowest BCUT2D eigenvalue weighted by Gasteiger charge is -2.04. The van der Waals surface area contributed by atoms with Gasteiger partial charge in [-0.3, -0.25) is 0 Å². The normalized spacial score (nSPS) is 13.2. The first kappa shape index (κ1) is 10.1. The van der Waals surface area contributed by atoms with Crippen LogP contribution in [0.25, 0.3) is 0 Å². The predicted octanol–water partition coefficient (Wildman–Crippen LogP) is 4.82. The van der Waals surface area contributed by atoms with Gasteiger partial charge in [0.25, 0.3) is 0 Å². The van der Waals surface area contributed by atoms with Gasteiger partial charge < -0.3 is 4.74 Å². The minimum absolute atomic E-state index is 0.436. The molecule has 0 N–H and O–H groups in total. The molecule has 0 atom stereocenters. The molecular formula is C11H5Cl2NOS. The molecule has 0 aliphatic carbocycles. The molecule has 1 aliphatic heterocycles. The number of halogens is 2. The Morgan fingerprint density at radius 2 is 2.00 bits per heavy atom. The Balaban J connectivity index is 2.23. The first-order valence-corrected chi connectivity index (χ1v) is 6.17. The highest BCUT2D eigenvalue weighted by Crippen LogP contribution is 2.41. The maximum absolute atomic E-state index is 6.11. The van der Waals surface area contributed by atoms with E-state index in [0.717, 1.165) is 10.6 Å². The fourth-order valence-electron chi connectivity index (χ4n) is 1.47. The van der Waals surface area contributed by atoms with Crippen molar-refractivity contribution in [2.24, 2.45) is 4.99 Å². The van der Waals surface area contributed by atoms with Crippen LogP contribution in [0, 0.1) is 0 Å². The van der Waals surface area contributed by atoms with Crippen molar-refractivity contribution in [2.75, 3.05) is 0 Å². The van der Waals surface area contributed by atoms with Crippen LogP contribution in [0.4, 0.5) is 5.69 Å². The topological polar surface area (TPSA) is 21.6 Å². The number of thiophene rings is 1. The van der Waals surface area contributed by atoms with Crippen LogP contribution in [0.5, 0.6) is 11.5 Å². The van der Waals surface area contributed by atoms with Gasteiger partial charge in [-0.25, -0.2) is 4.99 Å². The largest absolute Gasteiger partial charge is 0.453 e. The molecular weight excluding hydrogens is 265 g/mol. The van der Waals surface area contributed by atoms with Gasteiger partial charge in [0.1, 0.15) is 16.3 Å². The number of fused-ring (bicyclic) bond motifs is 2. The van der Waals surface area contributed by atoms with Crippen LogP contribution in [0.3, 0.4) is 0 Å². The lowest BCUT2D eigenvalue weighted by Crippen LogP contribution is -1.86. The fourth-order valence-corrected chi connectivity index (χ4v) is 2.65. The van der Waals surface area contributed by atoms with E-state index < -0.39 is 0 Å². The third kappa shape index (κ3) is 1.61. The molecule has 0 saturated heterocycles. The summed E-state index contributed by atoms with van der Waals surface area (Å²) in [6, 6.07) is 7.16. The minimum atomic E-state index is 0.436. The fraction of sp³-hybridized carbons (Fsp3) is 0. The van der Waals surface area contributed by atoms with E-state index in [2.05, 4.69) is 4.99 Å². The highest BCUT2D eigenvalue weighted by Gasteiger charge is 2.18. The molecule has 2 aromatic rings. The number of rotatable bonds is 0. The zero-order chi connectivity index (χ0) is 11.1. The second kappa shape index (κ2) is 3.77. The smallest absolute Gasteiger partial charge is 0.153 e. The zero-order valence-electron chi connectivity index (χ0n) is 7.91. The summed E-state index contributed by atoms with van der Waals surface area (Å²) >= 11 is 13.5. The van der Waals surface area contributed by atoms with E-state index in [0.29, 0.717) is 21.6 Å². The van der Waals surface area contributed by atoms with Crippen molar-refractivity contribution in [1.29, 1.82) is 0 Å². The van der Waals surface area contributed by atoms with Gasteiger partial charge in [-0.1, -0.05) is 23.2 Å². The van der Waals surface area contributed by atoms with E-state index >= 15 is 0 Å². The van der Waals surface area contributed by atoms with Crippen LogP contribution in [0.1, 0.15) is 4.88 Å². The Morgan fingerprint density at radius 3 is 2.88 bits per heavy atom. The number of ether oxygens (including phenoxy) is 1. The van der Waals surface area contributed by atoms with Crippen molar-refractivity contribution >= 4 is 45.4 Å². The maximum atomic E-state index is 6.11. The van der Waals surface area contributed by atoms with E-state index in [1.54, 1.807) is 18.2 Å². The average Bonchev–Trinajstić information content (AvgIpc) is 2.65. The quantitative estimate of drug-likeness (QED) is 0.672. The second-order valence-corrected chi connectivity index (χ2v) is 4.94. The molecule has 5 heteroatoms. The monoisotopic (exact) mass is 269 g/mol. The van der Waals surface area contributed by atoms with E-state index in [9.17, 15) is 0 Å². The Morgan fingerprint density at radius 1 is 1.12 bits per heavy atom. The van der Waals surface area contributed by atoms with Crippen molar-refractivity contribution in [3.8, 4) is 11.5 Å². The van der Waals surface area contributed by atoms with Crippen LogP contribution < -0.4 is 4.74 Å². The van der Waals surface area contributed by atoms with Crippen molar-refractivity contribution < 1.29 is 4.74 Å². The highest BCUT2D eigenvalue weighted by atomic mass is 35.5. The molecule has 0 spiro atoms. The Labute approximate surface area is 106 Å². The first-order chi connectivity index (χ1) is 7.74. The molecule has 80 valence electrons. The van der Waals surface area contributed by atoms with Gasteiger partial charge in [0.15, 0.2) is 10.9 Å². The van der Waals surface area contributed by atoms with Crippen molar-refractivity contribution in [2.45, 2.75) is 0 Å². The number of nitrogens with zero attached hydrogens (tertiary/aromatic N) is 1. The number of aliphatic imine (C=N–C) groups is 1. The van der Waals surface area contributed by atoms with Crippen molar-refractivity contribution in [1.82, 2.24) is 0 Å². The maximum Gasteiger partial charge on any atom is 0.153 e. The van der Waals surface area contributed by atoms with Gasteiger partial charge in [-0.15, -0.1) is 11.3 Å². The standard InChI is InChI=1S/C11H5Cl2NOS/c12-6-1-2-8-7(5-6)14-11(13)10-9(15-8)3-4-16-10/h1-5H. The third-order valence-electron chi connectivity index (χ3n) is 2.18. The SMILES string of the molecule is ClC1=Nc2cc(Cl)ccc2Oc2ccsc21. The van der Waals surface area contributed by atoms with Crippen LogP contribution >= 0.6 is 34.5 Å². The lowest BCUT2D eigenvalue weighted by atomic mass is 10.3. The molecule has 1 aromatic carbocycles. The Kier molecular flexibility index (Phi) is 2.39. The van der Waals surface area contributed by atoms with Gasteiger partial charge in [0, 0.05) is 5.02 Å². The summed E-state index contributed by atoms with van der Waals surface area (Å²) in [4.78, 5) is 5.14. The van der Waals surface area contributed by atoms with Crippen molar-refractivity contribution in [3.63, 3.8) is 0 Å². The summed E-state index contributed by atoms with van der Waals surface area (Å²) in [5.41, 5.74) is 0.654. The van der Waals surface area contributed by atoms with E-state index in [4.69, 9.17) is 27.9 Å². The summed E-state index contributed by atoms with van der Waals surface area (Å²) in [6.45, 7) is 0. The van der Waals surface area contributed by atoms with E-state index in [1.807, 2.05) is 11.4 Å². The van der Waals surface area contributed by atoms with Gasteiger partial charge in [0.2, 0.25) is 0 Å². The summed E-state index contributed by atoms with van der Waals surface area (Å²) in [5.74, 6) is 1.40. The van der Waals surface area contributed by atoms with Crippen LogP contribution in [0.15, 0.2) is 34.6 Å². The summed E-state index contributed by atoms with van der Waals surface area (Å²) in [5, 5.41) is 2.97. The molecule has 0 saturated carbocycles. The molecule has 0 radical (unpaired) electrons. The highest BCUT2D eigenvalue weighted by molar-refractivity contribution is 7.14. The van der Waals surface area contributed by atoms with Gasteiger partial charge in [0.05, 0.1) is 0 Å². The van der Waals surface area contributed by atoms with Gasteiger partial charge in [-0.2, -0.15) is 0 Å². The molecule has 0 amide bonds. The molecule has 16 heavy (non-hydrogen) atoms. The zero-order valence-corrected chi connectivity index (χ0v) is 10.2. The van der Waals surface area contributed by atoms with Crippen molar-refractivity contribution in [3.05, 3.63) is 39.5 Å². The predicted molar refractivity (Wildman–Crippen MR) is 67.9 cm³/mol. The molecule has 2 nitrogen and oxygen atoms in total. The van der Waals surface area contributed by atoms with E-state index in [1.165, 1.54) is 11.3 Å². The molecule has 3 rings (SSSR count). The molecule has 1 aromatic heterocycles. The van der Waals surface area contributed by atoms with Gasteiger partial charge in [-0.05, 0) is 29.6 Å². The minimum Gasteiger partial charge on any atom is -0.453 e. The second-order valence-electron chi connectivity index (χ2n) is 3.23. The molecule has 0 unspecified atom stereocenters. The third-order valence-corrected chi connectivity index (χ3v) is 3.70. The number of benzene rings is 1. The average molecular weight is 270 g/mol. The number of hydrogen-bond acceptors (Lipinski definition) is 3. The molecule has 2 heterocycles. The van der Waals surface area contributed by atoms with Crippen LogP contribution in [-0.2, 0) is 0 Å². The first-order valence-electron chi connectivity index (χ1n) is 4.53. The van der Waals surface area contributed by atoms with Gasteiger partial charge >= 0.3 is 0 Å². The Bertz CT molecular complexity index is 591. The Hall–Kier alpha value is -1.03. The lowest BCUT2D eigenvalue weighted by molar-refractivity contribution is 0.487. The molecule has 0 bridgehead atoms.